The van der Waals surface area contributed by atoms with Crippen molar-refractivity contribution >= 4 is 22.6 Å². The average Bonchev–Trinajstić information content (AvgIpc) is 3.28. The standard InChI is InChI=1S/C18H16ClNO/c19-15-9-13(11-4-2-1-3-5-11)8-14-17(12-6-7-12)16(10-20)21-18(14)15/h1-5,8-9,12H,6-7,10,20H2. The number of halogens is 1. The minimum atomic E-state index is 0.428. The molecule has 4 rings (SSSR count). The molecule has 0 spiro atoms. The molecule has 106 valence electrons. The first-order chi connectivity index (χ1) is 10.3. The van der Waals surface area contributed by atoms with Crippen LogP contribution in [-0.2, 0) is 6.54 Å². The van der Waals surface area contributed by atoms with Gasteiger partial charge in [-0.15, -0.1) is 0 Å². The molecular formula is C18H16ClNO. The van der Waals surface area contributed by atoms with Crippen molar-refractivity contribution in [3.05, 3.63) is 58.8 Å². The third-order valence-corrected chi connectivity index (χ3v) is 4.42. The Morgan fingerprint density at radius 2 is 1.86 bits per heavy atom. The van der Waals surface area contributed by atoms with E-state index in [-0.39, 0.29) is 0 Å². The SMILES string of the molecule is NCc1oc2c(Cl)cc(-c3ccccc3)cc2c1C1CC1. The zero-order valence-corrected chi connectivity index (χ0v) is 12.4. The van der Waals surface area contributed by atoms with E-state index in [0.717, 1.165) is 22.3 Å². The molecule has 1 fully saturated rings. The van der Waals surface area contributed by atoms with Crippen molar-refractivity contribution in [1.82, 2.24) is 0 Å². The third kappa shape index (κ3) is 2.15. The molecule has 0 saturated heterocycles. The molecule has 1 heterocycles. The summed E-state index contributed by atoms with van der Waals surface area (Å²) in [6.45, 7) is 0.428. The highest BCUT2D eigenvalue weighted by molar-refractivity contribution is 6.35. The molecule has 3 heteroatoms. The molecule has 1 aromatic heterocycles. The first-order valence-corrected chi connectivity index (χ1v) is 7.66. The summed E-state index contributed by atoms with van der Waals surface area (Å²) in [5, 5.41) is 1.79. The van der Waals surface area contributed by atoms with Gasteiger partial charge in [0, 0.05) is 10.9 Å². The number of hydrogen-bond donors (Lipinski definition) is 1. The molecule has 0 atom stereocenters. The van der Waals surface area contributed by atoms with Gasteiger partial charge < -0.3 is 10.2 Å². The molecule has 0 bridgehead atoms. The van der Waals surface area contributed by atoms with Crippen molar-refractivity contribution in [2.24, 2.45) is 5.73 Å². The summed E-state index contributed by atoms with van der Waals surface area (Å²) in [6, 6.07) is 14.4. The Bertz CT molecular complexity index is 803. The highest BCUT2D eigenvalue weighted by Gasteiger charge is 2.31. The lowest BCUT2D eigenvalue weighted by atomic mass is 10.00. The number of benzene rings is 2. The molecule has 2 N–H and O–H groups in total. The molecule has 0 radical (unpaired) electrons. The number of hydrogen-bond acceptors (Lipinski definition) is 2. The van der Waals surface area contributed by atoms with E-state index in [2.05, 4.69) is 18.2 Å². The number of fused-ring (bicyclic) bond motifs is 1. The van der Waals surface area contributed by atoms with Gasteiger partial charge in [0.1, 0.15) is 5.76 Å². The van der Waals surface area contributed by atoms with Gasteiger partial charge in [-0.3, -0.25) is 0 Å². The Morgan fingerprint density at radius 1 is 1.10 bits per heavy atom. The molecule has 0 amide bonds. The van der Waals surface area contributed by atoms with Crippen LogP contribution in [0, 0.1) is 0 Å². The van der Waals surface area contributed by atoms with E-state index in [1.807, 2.05) is 24.3 Å². The van der Waals surface area contributed by atoms with Crippen molar-refractivity contribution in [1.29, 1.82) is 0 Å². The van der Waals surface area contributed by atoms with Crippen LogP contribution in [0.15, 0.2) is 46.9 Å². The van der Waals surface area contributed by atoms with E-state index >= 15 is 0 Å². The lowest BCUT2D eigenvalue weighted by molar-refractivity contribution is 0.546. The maximum atomic E-state index is 6.44. The van der Waals surface area contributed by atoms with E-state index in [4.69, 9.17) is 21.8 Å². The summed E-state index contributed by atoms with van der Waals surface area (Å²) in [5.74, 6) is 1.48. The maximum Gasteiger partial charge on any atom is 0.153 e. The molecule has 21 heavy (non-hydrogen) atoms. The highest BCUT2D eigenvalue weighted by atomic mass is 35.5. The summed E-state index contributed by atoms with van der Waals surface area (Å²) < 4.78 is 5.91. The molecule has 0 unspecified atom stereocenters. The fourth-order valence-electron chi connectivity index (χ4n) is 2.99. The fraction of sp³-hybridized carbons (Fsp3) is 0.222. The molecule has 1 aliphatic carbocycles. The predicted octanol–water partition coefficient (Wildman–Crippen LogP) is 5.09. The van der Waals surface area contributed by atoms with Crippen LogP contribution in [0.25, 0.3) is 22.1 Å². The topological polar surface area (TPSA) is 39.2 Å². The molecule has 1 aliphatic rings. The third-order valence-electron chi connectivity index (χ3n) is 4.14. The first-order valence-electron chi connectivity index (χ1n) is 7.28. The van der Waals surface area contributed by atoms with Crippen molar-refractivity contribution in [2.75, 3.05) is 0 Å². The van der Waals surface area contributed by atoms with Gasteiger partial charge in [-0.25, -0.2) is 0 Å². The number of furan rings is 1. The lowest BCUT2D eigenvalue weighted by Gasteiger charge is -2.04. The van der Waals surface area contributed by atoms with Crippen molar-refractivity contribution in [3.8, 4) is 11.1 Å². The number of rotatable bonds is 3. The van der Waals surface area contributed by atoms with Gasteiger partial charge in [0.2, 0.25) is 0 Å². The lowest BCUT2D eigenvalue weighted by Crippen LogP contribution is -1.97. The van der Waals surface area contributed by atoms with Gasteiger partial charge in [0.05, 0.1) is 11.6 Å². The van der Waals surface area contributed by atoms with E-state index in [1.165, 1.54) is 24.0 Å². The van der Waals surface area contributed by atoms with Gasteiger partial charge >= 0.3 is 0 Å². The first kappa shape index (κ1) is 12.9. The van der Waals surface area contributed by atoms with E-state index < -0.39 is 0 Å². The second-order valence-corrected chi connectivity index (χ2v) is 6.03. The Kier molecular flexibility index (Phi) is 3.02. The average molecular weight is 298 g/mol. The van der Waals surface area contributed by atoms with E-state index in [1.54, 1.807) is 0 Å². The van der Waals surface area contributed by atoms with Gasteiger partial charge in [0.15, 0.2) is 5.58 Å². The zero-order valence-electron chi connectivity index (χ0n) is 11.6. The fourth-order valence-corrected chi connectivity index (χ4v) is 3.25. The summed E-state index contributed by atoms with van der Waals surface area (Å²) in [4.78, 5) is 0. The van der Waals surface area contributed by atoms with Crippen molar-refractivity contribution in [3.63, 3.8) is 0 Å². The predicted molar refractivity (Wildman–Crippen MR) is 86.5 cm³/mol. The van der Waals surface area contributed by atoms with Crippen LogP contribution < -0.4 is 5.73 Å². The normalized spacial score (nSPS) is 14.8. The van der Waals surface area contributed by atoms with Gasteiger partial charge in [-0.1, -0.05) is 41.9 Å². The molecule has 2 aromatic carbocycles. The Labute approximate surface area is 128 Å². The molecule has 1 saturated carbocycles. The zero-order chi connectivity index (χ0) is 14.4. The summed E-state index contributed by atoms with van der Waals surface area (Å²) in [5.41, 5.74) is 10.2. The van der Waals surface area contributed by atoms with E-state index in [9.17, 15) is 0 Å². The largest absolute Gasteiger partial charge is 0.458 e. The molecule has 0 aliphatic heterocycles. The van der Waals surface area contributed by atoms with Crippen LogP contribution in [0.5, 0.6) is 0 Å². The minimum absolute atomic E-state index is 0.428. The maximum absolute atomic E-state index is 6.44. The molecular weight excluding hydrogens is 282 g/mol. The van der Waals surface area contributed by atoms with Gasteiger partial charge in [-0.2, -0.15) is 0 Å². The van der Waals surface area contributed by atoms with Crippen molar-refractivity contribution < 1.29 is 4.42 Å². The van der Waals surface area contributed by atoms with Gasteiger partial charge in [-0.05, 0) is 42.0 Å². The van der Waals surface area contributed by atoms with Crippen molar-refractivity contribution in [2.45, 2.75) is 25.3 Å². The Morgan fingerprint density at radius 3 is 2.52 bits per heavy atom. The monoisotopic (exact) mass is 297 g/mol. The summed E-state index contributed by atoms with van der Waals surface area (Å²) >= 11 is 6.44. The van der Waals surface area contributed by atoms with Crippen LogP contribution in [0.4, 0.5) is 0 Å². The quantitative estimate of drug-likeness (QED) is 0.731. The summed E-state index contributed by atoms with van der Waals surface area (Å²) in [7, 11) is 0. The van der Waals surface area contributed by atoms with Crippen LogP contribution in [0.2, 0.25) is 5.02 Å². The van der Waals surface area contributed by atoms with Crippen LogP contribution in [0.1, 0.15) is 30.1 Å². The van der Waals surface area contributed by atoms with Crippen LogP contribution in [0.3, 0.4) is 0 Å². The summed E-state index contributed by atoms with van der Waals surface area (Å²) in [6.07, 6.45) is 2.43. The smallest absolute Gasteiger partial charge is 0.153 e. The number of nitrogens with two attached hydrogens (primary N) is 1. The second kappa shape index (κ2) is 4.90. The highest BCUT2D eigenvalue weighted by Crippen LogP contribution is 2.48. The van der Waals surface area contributed by atoms with Crippen LogP contribution >= 0.6 is 11.6 Å². The minimum Gasteiger partial charge on any atom is -0.458 e. The van der Waals surface area contributed by atoms with Gasteiger partial charge in [0.25, 0.3) is 0 Å². The molecule has 3 aromatic rings. The van der Waals surface area contributed by atoms with Crippen LogP contribution in [-0.4, -0.2) is 0 Å². The van der Waals surface area contributed by atoms with E-state index in [0.29, 0.717) is 17.5 Å². The Balaban J connectivity index is 1.98. The Hall–Kier alpha value is -1.77. The second-order valence-electron chi connectivity index (χ2n) is 5.62. The molecule has 2 nitrogen and oxygen atoms in total.